The van der Waals surface area contributed by atoms with Gasteiger partial charge < -0.3 is 11.7 Å². The molecule has 2 unspecified atom stereocenters. The molecule has 6 rings (SSSR count). The second-order valence-corrected chi connectivity index (χ2v) is 15.7. The highest BCUT2D eigenvalue weighted by Gasteiger charge is 2.53. The molecule has 0 saturated carbocycles. The number of hydrazone groups is 2. The molecule has 10 N–H and O–H groups in total. The fourth-order valence-corrected chi connectivity index (χ4v) is 10.1. The number of nitrogens with two attached hydrogens (primary N) is 4. The van der Waals surface area contributed by atoms with Crippen LogP contribution >= 0.6 is 0 Å². The third kappa shape index (κ3) is 4.63. The van der Waals surface area contributed by atoms with Gasteiger partial charge in [-0.2, -0.15) is 10.2 Å². The topological polar surface area (TPSA) is 245 Å². The first kappa shape index (κ1) is 32.9. The maximum Gasteiger partial charge on any atom is 0.223 e. The Bertz CT molecular complexity index is 2190. The molecular weight excluding hydrogens is 649 g/mol. The molecule has 0 fully saturated rings. The third-order valence-electron chi connectivity index (χ3n) is 9.61. The van der Waals surface area contributed by atoms with Gasteiger partial charge in [-0.3, -0.25) is 10.8 Å². The average molecular weight is 683 g/mol. The van der Waals surface area contributed by atoms with Crippen molar-refractivity contribution in [3.05, 3.63) is 129 Å². The fourth-order valence-electron chi connectivity index (χ4n) is 7.36. The lowest BCUT2D eigenvalue weighted by Gasteiger charge is -2.39. The van der Waals surface area contributed by atoms with Crippen LogP contribution in [0.25, 0.3) is 11.1 Å². The van der Waals surface area contributed by atoms with Crippen LogP contribution in [0.4, 0.5) is 0 Å². The van der Waals surface area contributed by atoms with Crippen LogP contribution in [0, 0.1) is 24.7 Å². The molecule has 12 nitrogen and oxygen atoms in total. The highest BCUT2D eigenvalue weighted by molar-refractivity contribution is 7.90. The van der Waals surface area contributed by atoms with E-state index in [0.29, 0.717) is 44.5 Å². The van der Waals surface area contributed by atoms with Crippen LogP contribution < -0.4 is 22.0 Å². The van der Waals surface area contributed by atoms with Crippen LogP contribution in [-0.2, 0) is 29.5 Å². The van der Waals surface area contributed by atoms with Crippen LogP contribution in [0.2, 0.25) is 0 Å². The van der Waals surface area contributed by atoms with Gasteiger partial charge >= 0.3 is 0 Å². The lowest BCUT2D eigenvalue weighted by atomic mass is 9.74. The monoisotopic (exact) mass is 682 g/mol. The number of hydrogen-bond donors (Lipinski definition) is 6. The summed E-state index contributed by atoms with van der Waals surface area (Å²) in [7, 11) is -8.67. The first-order valence-corrected chi connectivity index (χ1v) is 17.9. The summed E-state index contributed by atoms with van der Waals surface area (Å²) in [5, 5.41) is 36.7. The van der Waals surface area contributed by atoms with Crippen molar-refractivity contribution in [1.29, 1.82) is 10.8 Å². The van der Waals surface area contributed by atoms with E-state index in [9.17, 15) is 16.8 Å². The minimum Gasteiger partial charge on any atom is -0.323 e. The van der Waals surface area contributed by atoms with Crippen LogP contribution in [0.15, 0.2) is 95.1 Å². The number of aryl methyl sites for hydroxylation is 2. The first-order valence-electron chi connectivity index (χ1n) is 14.8. The highest BCUT2D eigenvalue weighted by Crippen LogP contribution is 2.48. The molecule has 0 aromatic heterocycles. The quantitative estimate of drug-likeness (QED) is 0.136. The number of rotatable bonds is 5. The number of hydrogen-bond acceptors (Lipinski definition) is 10. The van der Waals surface area contributed by atoms with Crippen molar-refractivity contribution in [3.8, 4) is 11.1 Å². The SMILES string of the molecule is Cc1cc(-c2ccc(C3(S(N)(=O)=O)C/C(=N\N)C(=N)c4ccccc43)c(C)c2)ccc1C1(S(N)(=O)=O)C/C(=N/N)C(=N)c2ccccc21. The van der Waals surface area contributed by atoms with E-state index in [0.717, 1.165) is 11.1 Å². The summed E-state index contributed by atoms with van der Waals surface area (Å²) in [6, 6.07) is 24.1. The van der Waals surface area contributed by atoms with E-state index in [2.05, 4.69) is 10.2 Å². The Labute approximate surface area is 278 Å². The predicted molar refractivity (Wildman–Crippen MR) is 188 cm³/mol. The van der Waals surface area contributed by atoms with Gasteiger partial charge in [0, 0.05) is 24.0 Å². The molecule has 246 valence electrons. The van der Waals surface area contributed by atoms with Crippen molar-refractivity contribution in [2.75, 3.05) is 0 Å². The van der Waals surface area contributed by atoms with Gasteiger partial charge in [-0.05, 0) is 58.4 Å². The minimum absolute atomic E-state index is 0.0387. The van der Waals surface area contributed by atoms with E-state index in [1.807, 2.05) is 12.1 Å². The fraction of sp³-hybridized carbons (Fsp3) is 0.176. The second-order valence-electron chi connectivity index (χ2n) is 12.1. The molecule has 0 amide bonds. The largest absolute Gasteiger partial charge is 0.323 e. The highest BCUT2D eigenvalue weighted by atomic mass is 32.2. The zero-order chi connectivity index (χ0) is 34.8. The maximum absolute atomic E-state index is 13.6. The van der Waals surface area contributed by atoms with Gasteiger partial charge in [-0.25, -0.2) is 27.1 Å². The molecule has 2 atom stereocenters. The van der Waals surface area contributed by atoms with E-state index in [-0.39, 0.29) is 35.7 Å². The van der Waals surface area contributed by atoms with E-state index in [4.69, 9.17) is 32.8 Å². The molecule has 0 heterocycles. The van der Waals surface area contributed by atoms with Crippen LogP contribution in [0.3, 0.4) is 0 Å². The van der Waals surface area contributed by atoms with Crippen LogP contribution in [0.1, 0.15) is 57.3 Å². The maximum atomic E-state index is 13.6. The summed E-state index contributed by atoms with van der Waals surface area (Å²) < 4.78 is 50.8. The first-order chi connectivity index (χ1) is 22.6. The second kappa shape index (κ2) is 11.3. The minimum atomic E-state index is -4.34. The molecule has 0 aliphatic heterocycles. The molecular formula is C34H34N8O4S2. The van der Waals surface area contributed by atoms with Crippen LogP contribution in [0.5, 0.6) is 0 Å². The summed E-state index contributed by atoms with van der Waals surface area (Å²) in [5.41, 5.74) is 5.36. The standard InChI is InChI=1S/C34H34N8O4S2/c1-19-15-21(11-13-25(19)33(47(39,43)44)17-29(41-37)31(35)23-7-3-5-9-27(23)33)22-12-14-26(20(2)16-22)34(48(40,45)46)18-30(42-38)32(36)24-8-4-6-10-28(24)34/h3-16,35-36H,17-18,37-38H2,1-2H3,(H2,39,43,44)(H2,40,45,46)/b35-31?,36-32?,41-29-,42-30+. The Kier molecular flexibility index (Phi) is 7.75. The van der Waals surface area contributed by atoms with E-state index >= 15 is 0 Å². The van der Waals surface area contributed by atoms with Crippen molar-refractivity contribution in [2.24, 2.45) is 32.2 Å². The van der Waals surface area contributed by atoms with Crippen molar-refractivity contribution in [3.63, 3.8) is 0 Å². The lowest BCUT2D eigenvalue weighted by Crippen LogP contribution is -2.49. The van der Waals surface area contributed by atoms with Gasteiger partial charge in [0.1, 0.15) is 9.49 Å². The van der Waals surface area contributed by atoms with Gasteiger partial charge in [0.05, 0.1) is 22.8 Å². The number of fused-ring (bicyclic) bond motifs is 2. The summed E-state index contributed by atoms with van der Waals surface area (Å²) in [4.78, 5) is 0. The van der Waals surface area contributed by atoms with E-state index in [1.54, 1.807) is 86.6 Å². The number of primary sulfonamides is 2. The molecule has 0 saturated heterocycles. The Morgan fingerprint density at radius 1 is 0.583 bits per heavy atom. The number of benzene rings is 4. The molecule has 14 heteroatoms. The normalized spacial score (nSPS) is 22.8. The summed E-state index contributed by atoms with van der Waals surface area (Å²) in [6.07, 6.45) is -0.427. The van der Waals surface area contributed by atoms with Crippen molar-refractivity contribution >= 4 is 42.9 Å². The molecule has 0 radical (unpaired) electrons. The molecule has 4 aromatic carbocycles. The molecule has 2 aliphatic rings. The Hall–Kier alpha value is -5.02. The average Bonchev–Trinajstić information content (AvgIpc) is 3.05. The van der Waals surface area contributed by atoms with Crippen molar-refractivity contribution < 1.29 is 16.8 Å². The molecule has 48 heavy (non-hydrogen) atoms. The lowest BCUT2D eigenvalue weighted by molar-refractivity contribution is 0.555. The summed E-state index contributed by atoms with van der Waals surface area (Å²) in [5.74, 6) is 11.3. The Balaban J connectivity index is 1.51. The van der Waals surface area contributed by atoms with Gasteiger partial charge in [-0.15, -0.1) is 0 Å². The van der Waals surface area contributed by atoms with Crippen molar-refractivity contribution in [1.82, 2.24) is 0 Å². The van der Waals surface area contributed by atoms with Gasteiger partial charge in [0.15, 0.2) is 0 Å². The smallest absolute Gasteiger partial charge is 0.223 e. The molecule has 2 aliphatic carbocycles. The summed E-state index contributed by atoms with van der Waals surface area (Å²) >= 11 is 0. The number of nitrogens with zero attached hydrogens (tertiary/aromatic N) is 2. The number of sulfonamides is 2. The van der Waals surface area contributed by atoms with Gasteiger partial charge in [-0.1, -0.05) is 84.9 Å². The van der Waals surface area contributed by atoms with Gasteiger partial charge in [0.25, 0.3) is 0 Å². The predicted octanol–water partition coefficient (Wildman–Crippen LogP) is 3.21. The van der Waals surface area contributed by atoms with Gasteiger partial charge in [0.2, 0.25) is 20.0 Å². The van der Waals surface area contributed by atoms with E-state index < -0.39 is 29.5 Å². The summed E-state index contributed by atoms with van der Waals surface area (Å²) in [6.45, 7) is 3.57. The van der Waals surface area contributed by atoms with Crippen molar-refractivity contribution in [2.45, 2.75) is 36.2 Å². The number of nitrogens with one attached hydrogen (secondary N) is 2. The zero-order valence-electron chi connectivity index (χ0n) is 26.2. The third-order valence-corrected chi connectivity index (χ3v) is 12.7. The zero-order valence-corrected chi connectivity index (χ0v) is 27.8. The van der Waals surface area contributed by atoms with E-state index in [1.165, 1.54) is 0 Å². The Morgan fingerprint density at radius 2 is 0.938 bits per heavy atom. The molecule has 0 spiro atoms. The van der Waals surface area contributed by atoms with Crippen LogP contribution in [-0.4, -0.2) is 39.7 Å². The molecule has 0 bridgehead atoms. The molecule has 4 aromatic rings. The Morgan fingerprint density at radius 3 is 1.25 bits per heavy atom.